The number of fused-ring (bicyclic) bond motifs is 3. The molecule has 0 aliphatic carbocycles. The van der Waals surface area contributed by atoms with E-state index in [9.17, 15) is 8.42 Å². The minimum absolute atomic E-state index is 0.201. The van der Waals surface area contributed by atoms with Crippen molar-refractivity contribution in [3.63, 3.8) is 0 Å². The third-order valence-corrected chi connectivity index (χ3v) is 9.40. The molecule has 0 bridgehead atoms. The fourth-order valence-corrected chi connectivity index (χ4v) is 7.10. The highest BCUT2D eigenvalue weighted by atomic mass is 32.2. The maximum atomic E-state index is 13.5. The lowest BCUT2D eigenvalue weighted by Gasteiger charge is -2.33. The molecule has 2 aromatic carbocycles. The van der Waals surface area contributed by atoms with E-state index in [1.807, 2.05) is 30.5 Å². The van der Waals surface area contributed by atoms with E-state index in [0.29, 0.717) is 5.65 Å². The van der Waals surface area contributed by atoms with Crippen molar-refractivity contribution in [2.24, 2.45) is 0 Å². The lowest BCUT2D eigenvalue weighted by Crippen LogP contribution is -2.34. The maximum Gasteiger partial charge on any atom is 0.269 e. The molecule has 0 amide bonds. The van der Waals surface area contributed by atoms with Gasteiger partial charge >= 0.3 is 0 Å². The molecule has 8 nitrogen and oxygen atoms in total. The van der Waals surface area contributed by atoms with Crippen LogP contribution < -0.4 is 0 Å². The second-order valence-electron chi connectivity index (χ2n) is 10.2. The fraction of sp³-hybridized carbons (Fsp3) is 0.194. The first-order chi connectivity index (χ1) is 19.6. The Kier molecular flexibility index (Phi) is 6.17. The van der Waals surface area contributed by atoms with Crippen LogP contribution in [0.4, 0.5) is 0 Å². The Morgan fingerprint density at radius 2 is 1.60 bits per heavy atom. The molecule has 0 unspecified atom stereocenters. The van der Waals surface area contributed by atoms with Gasteiger partial charge in [0.05, 0.1) is 16.6 Å². The van der Waals surface area contributed by atoms with Crippen molar-refractivity contribution in [2.75, 3.05) is 13.1 Å². The molecule has 0 spiro atoms. The van der Waals surface area contributed by atoms with Gasteiger partial charge in [-0.3, -0.25) is 9.88 Å². The van der Waals surface area contributed by atoms with Gasteiger partial charge in [-0.25, -0.2) is 22.4 Å². The summed E-state index contributed by atoms with van der Waals surface area (Å²) in [6.07, 6.45) is 8.79. The Labute approximate surface area is 232 Å². The minimum atomic E-state index is -3.80. The van der Waals surface area contributed by atoms with Crippen LogP contribution in [0.3, 0.4) is 0 Å². The summed E-state index contributed by atoms with van der Waals surface area (Å²) in [4.78, 5) is 16.7. The predicted molar refractivity (Wildman–Crippen MR) is 155 cm³/mol. The SMILES string of the molecule is O=S(=O)(c1ccccc1)n1ccc2c1ncc1nc(-c3cccnc3)n(C3CCN(Cc4ccccc4)CC3)c12. The molecule has 0 radical (unpaired) electrons. The zero-order chi connectivity index (χ0) is 27.1. The van der Waals surface area contributed by atoms with E-state index in [2.05, 4.69) is 43.7 Å². The van der Waals surface area contributed by atoms with Crippen molar-refractivity contribution in [3.05, 3.63) is 109 Å². The van der Waals surface area contributed by atoms with Gasteiger partial charge in [-0.1, -0.05) is 48.5 Å². The first kappa shape index (κ1) is 24.7. The third kappa shape index (κ3) is 4.27. The Bertz CT molecular complexity index is 1890. The van der Waals surface area contributed by atoms with Crippen LogP contribution in [0.2, 0.25) is 0 Å². The van der Waals surface area contributed by atoms with Crippen LogP contribution in [0.15, 0.2) is 109 Å². The summed E-state index contributed by atoms with van der Waals surface area (Å²) in [5.41, 5.74) is 4.30. The molecule has 1 aliphatic heterocycles. The van der Waals surface area contributed by atoms with Crippen LogP contribution in [0.1, 0.15) is 24.4 Å². The van der Waals surface area contributed by atoms with Crippen LogP contribution in [0.5, 0.6) is 0 Å². The van der Waals surface area contributed by atoms with Crippen molar-refractivity contribution < 1.29 is 8.42 Å². The fourth-order valence-electron chi connectivity index (χ4n) is 5.78. The van der Waals surface area contributed by atoms with Crippen LogP contribution >= 0.6 is 0 Å². The normalized spacial score (nSPS) is 15.2. The smallest absolute Gasteiger partial charge is 0.269 e. The van der Waals surface area contributed by atoms with Crippen molar-refractivity contribution >= 4 is 32.1 Å². The number of rotatable bonds is 6. The molecular weight excluding hydrogens is 520 g/mol. The summed E-state index contributed by atoms with van der Waals surface area (Å²) < 4.78 is 30.6. The number of aromatic nitrogens is 5. The molecular formula is C31H28N6O2S. The lowest BCUT2D eigenvalue weighted by molar-refractivity contribution is 0.182. The second-order valence-corrected chi connectivity index (χ2v) is 12.0. The maximum absolute atomic E-state index is 13.5. The monoisotopic (exact) mass is 548 g/mol. The number of nitrogens with zero attached hydrogens (tertiary/aromatic N) is 6. The van der Waals surface area contributed by atoms with Gasteiger partial charge < -0.3 is 4.57 Å². The van der Waals surface area contributed by atoms with Crippen molar-refractivity contribution in [3.8, 4) is 11.4 Å². The van der Waals surface area contributed by atoms with E-state index in [-0.39, 0.29) is 10.9 Å². The molecule has 1 fully saturated rings. The van der Waals surface area contributed by atoms with Crippen molar-refractivity contribution in [1.82, 2.24) is 28.4 Å². The average Bonchev–Trinajstić information content (AvgIpc) is 3.62. The lowest BCUT2D eigenvalue weighted by atomic mass is 10.0. The highest BCUT2D eigenvalue weighted by molar-refractivity contribution is 7.90. The van der Waals surface area contributed by atoms with E-state index < -0.39 is 10.0 Å². The van der Waals surface area contributed by atoms with Crippen molar-refractivity contribution in [2.45, 2.75) is 30.3 Å². The molecule has 200 valence electrons. The molecule has 0 saturated carbocycles. The number of hydrogen-bond acceptors (Lipinski definition) is 6. The first-order valence-electron chi connectivity index (χ1n) is 13.4. The zero-order valence-corrected chi connectivity index (χ0v) is 22.7. The molecule has 9 heteroatoms. The van der Waals surface area contributed by atoms with E-state index in [1.54, 1.807) is 48.9 Å². The highest BCUT2D eigenvalue weighted by Crippen LogP contribution is 2.37. The van der Waals surface area contributed by atoms with E-state index >= 15 is 0 Å². The molecule has 7 rings (SSSR count). The van der Waals surface area contributed by atoms with Crippen molar-refractivity contribution in [1.29, 1.82) is 0 Å². The molecule has 1 saturated heterocycles. The summed E-state index contributed by atoms with van der Waals surface area (Å²) in [5.74, 6) is 0.831. The van der Waals surface area contributed by atoms with Gasteiger partial charge in [-0.2, -0.15) is 0 Å². The Morgan fingerprint density at radius 3 is 2.33 bits per heavy atom. The zero-order valence-electron chi connectivity index (χ0n) is 21.8. The van der Waals surface area contributed by atoms with Gasteiger partial charge in [0.2, 0.25) is 0 Å². The summed E-state index contributed by atoms with van der Waals surface area (Å²) in [5, 5.41) is 0.770. The second kappa shape index (κ2) is 10.0. The summed E-state index contributed by atoms with van der Waals surface area (Å²) in [6.45, 7) is 2.86. The third-order valence-electron chi connectivity index (χ3n) is 7.72. The minimum Gasteiger partial charge on any atom is -0.320 e. The largest absolute Gasteiger partial charge is 0.320 e. The molecule has 1 aliphatic rings. The topological polar surface area (TPSA) is 85.9 Å². The van der Waals surface area contributed by atoms with Crippen LogP contribution in [-0.4, -0.2) is 49.9 Å². The number of likely N-dealkylation sites (tertiary alicyclic amines) is 1. The Hall–Kier alpha value is -4.34. The standard InChI is InChI=1S/C31H28N6O2S/c38-40(39,26-11-5-2-6-12-26)36-19-15-27-29-28(21-33-31(27)36)34-30(24-10-7-16-32-20-24)37(29)25-13-17-35(18-14-25)22-23-8-3-1-4-9-23/h1-12,15-16,19-21,25H,13-14,17-18,22H2. The summed E-state index contributed by atoms with van der Waals surface area (Å²) in [7, 11) is -3.80. The summed E-state index contributed by atoms with van der Waals surface area (Å²) in [6, 6.07) is 25.0. The van der Waals surface area contributed by atoms with Gasteiger partial charge in [-0.05, 0) is 48.7 Å². The number of piperidine rings is 1. The van der Waals surface area contributed by atoms with E-state index in [0.717, 1.165) is 60.3 Å². The van der Waals surface area contributed by atoms with E-state index in [1.165, 1.54) is 9.54 Å². The highest BCUT2D eigenvalue weighted by Gasteiger charge is 2.28. The molecule has 6 aromatic rings. The predicted octanol–water partition coefficient (Wildman–Crippen LogP) is 5.52. The Balaban J connectivity index is 1.33. The average molecular weight is 549 g/mol. The molecule has 0 atom stereocenters. The Morgan fingerprint density at radius 1 is 0.850 bits per heavy atom. The van der Waals surface area contributed by atoms with Gasteiger partial charge in [0.25, 0.3) is 10.0 Å². The van der Waals surface area contributed by atoms with Gasteiger partial charge in [0.15, 0.2) is 5.65 Å². The number of imidazole rings is 1. The number of benzene rings is 2. The number of hydrogen-bond donors (Lipinski definition) is 0. The first-order valence-corrected chi connectivity index (χ1v) is 14.9. The van der Waals surface area contributed by atoms with Crippen LogP contribution in [0, 0.1) is 0 Å². The van der Waals surface area contributed by atoms with Gasteiger partial charge in [0, 0.05) is 55.2 Å². The summed E-state index contributed by atoms with van der Waals surface area (Å²) >= 11 is 0. The quantitative estimate of drug-likeness (QED) is 0.272. The van der Waals surface area contributed by atoms with Crippen LogP contribution in [0.25, 0.3) is 33.5 Å². The van der Waals surface area contributed by atoms with Crippen LogP contribution in [-0.2, 0) is 16.6 Å². The van der Waals surface area contributed by atoms with Gasteiger partial charge in [-0.15, -0.1) is 0 Å². The molecule has 40 heavy (non-hydrogen) atoms. The molecule has 0 N–H and O–H groups in total. The molecule has 5 heterocycles. The van der Waals surface area contributed by atoms with Gasteiger partial charge in [0.1, 0.15) is 11.3 Å². The number of pyridine rings is 2. The molecule has 4 aromatic heterocycles. The van der Waals surface area contributed by atoms with E-state index in [4.69, 9.17) is 4.98 Å².